The zero-order chi connectivity index (χ0) is 12.4. The van der Waals surface area contributed by atoms with Crippen molar-refractivity contribution < 1.29 is 19.4 Å². The van der Waals surface area contributed by atoms with Gasteiger partial charge in [0.1, 0.15) is 0 Å². The van der Waals surface area contributed by atoms with E-state index in [2.05, 4.69) is 4.74 Å². The quantitative estimate of drug-likeness (QED) is 0.742. The van der Waals surface area contributed by atoms with E-state index in [0.29, 0.717) is 12.2 Å². The molecule has 1 aliphatic carbocycles. The molecule has 3 N–H and O–H groups in total. The van der Waals surface area contributed by atoms with Crippen molar-refractivity contribution in [3.05, 3.63) is 23.3 Å². The van der Waals surface area contributed by atoms with Crippen molar-refractivity contribution in [1.82, 2.24) is 0 Å². The van der Waals surface area contributed by atoms with E-state index in [1.165, 1.54) is 7.11 Å². The largest absolute Gasteiger partial charge is 0.504 e. The summed E-state index contributed by atoms with van der Waals surface area (Å²) < 4.78 is 9.64. The van der Waals surface area contributed by atoms with Gasteiger partial charge in [-0.15, -0.1) is 0 Å². The Morgan fingerprint density at radius 2 is 2.29 bits per heavy atom. The highest BCUT2D eigenvalue weighted by atomic mass is 16.6. The van der Waals surface area contributed by atoms with Crippen LogP contribution in [-0.4, -0.2) is 30.8 Å². The third kappa shape index (κ3) is 2.34. The molecule has 0 saturated carbocycles. The molecule has 92 valence electrons. The topological polar surface area (TPSA) is 81.8 Å². The highest BCUT2D eigenvalue weighted by Gasteiger charge is 2.23. The number of fused-ring (bicyclic) bond motifs is 1. The standard InChI is InChI=1S/C12H15NO4/c1-16-11(14)6-17-10-3-2-7-4-8(13)5-9(7)12(10)15/h2-3,8,15H,4-6,13H2,1H3. The summed E-state index contributed by atoms with van der Waals surface area (Å²) in [5.74, 6) is -0.107. The molecule has 0 amide bonds. The van der Waals surface area contributed by atoms with Crippen molar-refractivity contribution in [2.75, 3.05) is 13.7 Å². The van der Waals surface area contributed by atoms with Crippen LogP contribution in [-0.2, 0) is 22.4 Å². The molecule has 0 fully saturated rings. The Balaban J connectivity index is 2.15. The van der Waals surface area contributed by atoms with Crippen LogP contribution in [0.5, 0.6) is 11.5 Å². The Hall–Kier alpha value is -1.75. The van der Waals surface area contributed by atoms with Crippen LogP contribution in [0.1, 0.15) is 11.1 Å². The van der Waals surface area contributed by atoms with Crippen LogP contribution in [0.25, 0.3) is 0 Å². The molecule has 1 aliphatic rings. The van der Waals surface area contributed by atoms with Crippen molar-refractivity contribution in [2.45, 2.75) is 18.9 Å². The number of esters is 1. The van der Waals surface area contributed by atoms with Crippen molar-refractivity contribution >= 4 is 5.97 Å². The molecule has 1 aromatic rings. The minimum Gasteiger partial charge on any atom is -0.504 e. The molecule has 17 heavy (non-hydrogen) atoms. The summed E-state index contributed by atoms with van der Waals surface area (Å²) in [7, 11) is 1.28. The first-order valence-electron chi connectivity index (χ1n) is 5.40. The first-order chi connectivity index (χ1) is 8.11. The highest BCUT2D eigenvalue weighted by Crippen LogP contribution is 2.37. The average molecular weight is 237 g/mol. The van der Waals surface area contributed by atoms with Crippen LogP contribution in [0, 0.1) is 0 Å². The number of nitrogens with two attached hydrogens (primary N) is 1. The third-order valence-electron chi connectivity index (χ3n) is 2.86. The zero-order valence-corrected chi connectivity index (χ0v) is 9.60. The lowest BCUT2D eigenvalue weighted by atomic mass is 10.1. The second-order valence-corrected chi connectivity index (χ2v) is 4.08. The maximum absolute atomic E-state index is 10.9. The van der Waals surface area contributed by atoms with E-state index in [4.69, 9.17) is 10.5 Å². The minimum absolute atomic E-state index is 0.0479. The number of benzene rings is 1. The SMILES string of the molecule is COC(=O)COc1ccc2c(c1O)CC(N)C2. The Morgan fingerprint density at radius 3 is 3.00 bits per heavy atom. The van der Waals surface area contributed by atoms with Gasteiger partial charge in [-0.25, -0.2) is 4.79 Å². The van der Waals surface area contributed by atoms with E-state index < -0.39 is 5.97 Å². The van der Waals surface area contributed by atoms with Crippen LogP contribution >= 0.6 is 0 Å². The van der Waals surface area contributed by atoms with Crippen molar-refractivity contribution in [2.24, 2.45) is 5.73 Å². The molecule has 0 bridgehead atoms. The molecule has 5 nitrogen and oxygen atoms in total. The fourth-order valence-corrected chi connectivity index (χ4v) is 2.00. The van der Waals surface area contributed by atoms with E-state index in [0.717, 1.165) is 17.5 Å². The number of carbonyl (C=O) groups is 1. The molecule has 1 aromatic carbocycles. The molecule has 2 rings (SSSR count). The van der Waals surface area contributed by atoms with Gasteiger partial charge in [-0.2, -0.15) is 0 Å². The minimum atomic E-state index is -0.485. The summed E-state index contributed by atoms with van der Waals surface area (Å²) >= 11 is 0. The molecular weight excluding hydrogens is 222 g/mol. The Bertz CT molecular complexity index is 444. The molecule has 0 aliphatic heterocycles. The van der Waals surface area contributed by atoms with Crippen molar-refractivity contribution in [3.63, 3.8) is 0 Å². The number of hydrogen-bond acceptors (Lipinski definition) is 5. The summed E-state index contributed by atoms with van der Waals surface area (Å²) in [6.45, 7) is -0.213. The predicted octanol–water partition coefficient (Wildman–Crippen LogP) is 0.370. The Morgan fingerprint density at radius 1 is 1.53 bits per heavy atom. The number of aromatic hydroxyl groups is 1. The molecule has 5 heteroatoms. The number of phenolic OH excluding ortho intramolecular Hbond substituents is 1. The van der Waals surface area contributed by atoms with E-state index >= 15 is 0 Å². The van der Waals surface area contributed by atoms with Gasteiger partial charge >= 0.3 is 5.97 Å². The van der Waals surface area contributed by atoms with E-state index in [1.54, 1.807) is 6.07 Å². The van der Waals surface area contributed by atoms with Crippen LogP contribution in [0.4, 0.5) is 0 Å². The van der Waals surface area contributed by atoms with Crippen molar-refractivity contribution in [3.8, 4) is 11.5 Å². The Labute approximate surface area is 99.1 Å². The predicted molar refractivity (Wildman–Crippen MR) is 61.0 cm³/mol. The summed E-state index contributed by atoms with van der Waals surface area (Å²) in [5, 5.41) is 9.98. The maximum Gasteiger partial charge on any atom is 0.343 e. The van der Waals surface area contributed by atoms with Crippen LogP contribution in [0.3, 0.4) is 0 Å². The molecule has 0 spiro atoms. The number of phenols is 1. The fraction of sp³-hybridized carbons (Fsp3) is 0.417. The maximum atomic E-state index is 10.9. The fourth-order valence-electron chi connectivity index (χ4n) is 2.00. The number of ether oxygens (including phenoxy) is 2. The second-order valence-electron chi connectivity index (χ2n) is 4.08. The van der Waals surface area contributed by atoms with Gasteiger partial charge in [-0.3, -0.25) is 0 Å². The average Bonchev–Trinajstić information content (AvgIpc) is 2.69. The molecule has 0 saturated heterocycles. The summed E-state index contributed by atoms with van der Waals surface area (Å²) in [4.78, 5) is 10.9. The molecule has 1 unspecified atom stereocenters. The first-order valence-corrected chi connectivity index (χ1v) is 5.40. The first kappa shape index (κ1) is 11.7. The number of methoxy groups -OCH3 is 1. The normalized spacial score (nSPS) is 17.6. The number of rotatable bonds is 3. The smallest absolute Gasteiger partial charge is 0.343 e. The molecule has 1 atom stereocenters. The molecule has 0 radical (unpaired) electrons. The molecule has 0 aromatic heterocycles. The van der Waals surface area contributed by atoms with Gasteiger partial charge in [-0.05, 0) is 24.5 Å². The van der Waals surface area contributed by atoms with Gasteiger partial charge in [0.15, 0.2) is 18.1 Å². The van der Waals surface area contributed by atoms with Crippen LogP contribution < -0.4 is 10.5 Å². The summed E-state index contributed by atoms with van der Waals surface area (Å²) in [6, 6.07) is 3.57. The lowest BCUT2D eigenvalue weighted by Gasteiger charge is -2.10. The van der Waals surface area contributed by atoms with E-state index in [-0.39, 0.29) is 18.4 Å². The lowest BCUT2D eigenvalue weighted by molar-refractivity contribution is -0.142. The highest BCUT2D eigenvalue weighted by molar-refractivity contribution is 5.71. The molecule has 0 heterocycles. The summed E-state index contributed by atoms with van der Waals surface area (Å²) in [6.07, 6.45) is 1.40. The number of hydrogen-bond donors (Lipinski definition) is 2. The van der Waals surface area contributed by atoms with Gasteiger partial charge in [-0.1, -0.05) is 6.07 Å². The van der Waals surface area contributed by atoms with E-state index in [1.807, 2.05) is 6.07 Å². The second kappa shape index (κ2) is 4.63. The van der Waals surface area contributed by atoms with E-state index in [9.17, 15) is 9.90 Å². The molecular formula is C12H15NO4. The van der Waals surface area contributed by atoms with Gasteiger partial charge < -0.3 is 20.3 Å². The van der Waals surface area contributed by atoms with Gasteiger partial charge in [0.25, 0.3) is 0 Å². The number of carbonyl (C=O) groups excluding carboxylic acids is 1. The zero-order valence-electron chi connectivity index (χ0n) is 9.60. The van der Waals surface area contributed by atoms with Gasteiger partial charge in [0.2, 0.25) is 0 Å². The van der Waals surface area contributed by atoms with Crippen LogP contribution in [0.15, 0.2) is 12.1 Å². The van der Waals surface area contributed by atoms with Crippen LogP contribution in [0.2, 0.25) is 0 Å². The monoisotopic (exact) mass is 237 g/mol. The van der Waals surface area contributed by atoms with Gasteiger partial charge in [0, 0.05) is 11.6 Å². The third-order valence-corrected chi connectivity index (χ3v) is 2.86. The van der Waals surface area contributed by atoms with Gasteiger partial charge in [0.05, 0.1) is 7.11 Å². The lowest BCUT2D eigenvalue weighted by Crippen LogP contribution is -2.19. The Kier molecular flexibility index (Phi) is 3.19. The summed E-state index contributed by atoms with van der Waals surface area (Å²) in [5.41, 5.74) is 7.68. The van der Waals surface area contributed by atoms with Crippen molar-refractivity contribution in [1.29, 1.82) is 0 Å².